The highest BCUT2D eigenvalue weighted by molar-refractivity contribution is 7.12. The molecule has 0 saturated heterocycles. The Morgan fingerprint density at radius 2 is 2.14 bits per heavy atom. The van der Waals surface area contributed by atoms with Gasteiger partial charge in [-0.05, 0) is 31.5 Å². The zero-order valence-electron chi connectivity index (χ0n) is 11.5. The highest BCUT2D eigenvalue weighted by Gasteiger charge is 2.20. The fourth-order valence-corrected chi connectivity index (χ4v) is 2.85. The van der Waals surface area contributed by atoms with Crippen molar-refractivity contribution in [2.45, 2.75) is 20.4 Å². The van der Waals surface area contributed by atoms with E-state index in [-0.39, 0.29) is 5.56 Å². The van der Waals surface area contributed by atoms with Gasteiger partial charge < -0.3 is 10.4 Å². The maximum atomic E-state index is 12.0. The molecular formula is C14H14N2O4S. The molecule has 1 heterocycles. The average Bonchev–Trinajstić information content (AvgIpc) is 2.75. The normalized spacial score (nSPS) is 10.4. The van der Waals surface area contributed by atoms with Gasteiger partial charge in [0.15, 0.2) is 0 Å². The molecule has 0 atom stereocenters. The molecule has 6 nitrogen and oxygen atoms in total. The Bertz CT molecular complexity index is 689. The van der Waals surface area contributed by atoms with E-state index in [4.69, 9.17) is 0 Å². The summed E-state index contributed by atoms with van der Waals surface area (Å²) in [5.41, 5.74) is 0.571. The lowest BCUT2D eigenvalue weighted by Crippen LogP contribution is -2.22. The summed E-state index contributed by atoms with van der Waals surface area (Å²) in [6.07, 6.45) is 0. The highest BCUT2D eigenvalue weighted by Crippen LogP contribution is 2.29. The minimum Gasteiger partial charge on any atom is -0.502 e. The van der Waals surface area contributed by atoms with Crippen molar-refractivity contribution in [2.75, 3.05) is 0 Å². The van der Waals surface area contributed by atoms with E-state index in [1.165, 1.54) is 17.0 Å². The number of rotatable bonds is 4. The van der Waals surface area contributed by atoms with Gasteiger partial charge in [-0.2, -0.15) is 0 Å². The van der Waals surface area contributed by atoms with Crippen molar-refractivity contribution in [2.24, 2.45) is 0 Å². The standard InChI is InChI=1S/C14H14N2O4S/c1-8-6-10(21-9(8)2)7-15-14(18)11-4-3-5-12(13(11)17)16(19)20/h3-6,17H,7H2,1-2H3,(H,15,18). The predicted molar refractivity (Wildman–Crippen MR) is 79.7 cm³/mol. The number of phenolic OH excluding ortho intramolecular Hbond substituents is 1. The van der Waals surface area contributed by atoms with E-state index in [9.17, 15) is 20.0 Å². The summed E-state index contributed by atoms with van der Waals surface area (Å²) in [6.45, 7) is 4.31. The Morgan fingerprint density at radius 3 is 2.71 bits per heavy atom. The molecule has 1 aromatic carbocycles. The number of nitrogens with zero attached hydrogens (tertiary/aromatic N) is 1. The third-order valence-electron chi connectivity index (χ3n) is 3.10. The summed E-state index contributed by atoms with van der Waals surface area (Å²) >= 11 is 1.58. The number of hydrogen-bond donors (Lipinski definition) is 2. The van der Waals surface area contributed by atoms with E-state index in [0.29, 0.717) is 6.54 Å². The Hall–Kier alpha value is -2.41. The summed E-state index contributed by atoms with van der Waals surface area (Å²) in [4.78, 5) is 24.2. The largest absolute Gasteiger partial charge is 0.502 e. The van der Waals surface area contributed by atoms with Crippen LogP contribution in [-0.4, -0.2) is 15.9 Å². The number of nitro benzene ring substituents is 1. The van der Waals surface area contributed by atoms with Crippen LogP contribution in [0, 0.1) is 24.0 Å². The molecule has 1 amide bonds. The second kappa shape index (κ2) is 5.92. The number of phenols is 1. The van der Waals surface area contributed by atoms with Crippen molar-refractivity contribution in [1.82, 2.24) is 5.32 Å². The maximum absolute atomic E-state index is 12.0. The van der Waals surface area contributed by atoms with Gasteiger partial charge in [-0.1, -0.05) is 6.07 Å². The molecule has 7 heteroatoms. The van der Waals surface area contributed by atoms with Crippen LogP contribution in [0.3, 0.4) is 0 Å². The number of thiophene rings is 1. The lowest BCUT2D eigenvalue weighted by atomic mass is 10.1. The van der Waals surface area contributed by atoms with E-state index in [1.54, 1.807) is 11.3 Å². The molecular weight excluding hydrogens is 292 g/mol. The number of nitro groups is 1. The van der Waals surface area contributed by atoms with Gasteiger partial charge in [0.25, 0.3) is 5.91 Å². The molecule has 110 valence electrons. The Balaban J connectivity index is 2.14. The minimum absolute atomic E-state index is 0.103. The number of aromatic hydroxyl groups is 1. The van der Waals surface area contributed by atoms with Gasteiger partial charge in [-0.15, -0.1) is 11.3 Å². The molecule has 1 aromatic heterocycles. The van der Waals surface area contributed by atoms with Gasteiger partial charge in [-0.3, -0.25) is 14.9 Å². The summed E-state index contributed by atoms with van der Waals surface area (Å²) < 4.78 is 0. The molecule has 21 heavy (non-hydrogen) atoms. The SMILES string of the molecule is Cc1cc(CNC(=O)c2cccc([N+](=O)[O-])c2O)sc1C. The predicted octanol–water partition coefficient (Wildman–Crippen LogP) is 2.91. The molecule has 0 radical (unpaired) electrons. The first-order valence-corrected chi connectivity index (χ1v) is 7.02. The van der Waals surface area contributed by atoms with Crippen LogP contribution >= 0.6 is 11.3 Å². The molecule has 2 aromatic rings. The zero-order chi connectivity index (χ0) is 15.6. The van der Waals surface area contributed by atoms with Crippen molar-refractivity contribution in [3.8, 4) is 5.75 Å². The van der Waals surface area contributed by atoms with Crippen LogP contribution in [-0.2, 0) is 6.54 Å². The zero-order valence-corrected chi connectivity index (χ0v) is 12.4. The van der Waals surface area contributed by atoms with E-state index in [0.717, 1.165) is 16.5 Å². The van der Waals surface area contributed by atoms with Gasteiger partial charge in [-0.25, -0.2) is 0 Å². The van der Waals surface area contributed by atoms with Crippen molar-refractivity contribution in [3.63, 3.8) is 0 Å². The van der Waals surface area contributed by atoms with Gasteiger partial charge in [0.2, 0.25) is 5.75 Å². The molecule has 0 saturated carbocycles. The van der Waals surface area contributed by atoms with E-state index in [1.807, 2.05) is 19.9 Å². The second-order valence-electron chi connectivity index (χ2n) is 4.57. The topological polar surface area (TPSA) is 92.5 Å². The number of para-hydroxylation sites is 1. The lowest BCUT2D eigenvalue weighted by molar-refractivity contribution is -0.385. The molecule has 2 N–H and O–H groups in total. The minimum atomic E-state index is -0.724. The van der Waals surface area contributed by atoms with Gasteiger partial charge in [0.05, 0.1) is 17.0 Å². The fourth-order valence-electron chi connectivity index (χ4n) is 1.86. The van der Waals surface area contributed by atoms with E-state index in [2.05, 4.69) is 5.32 Å². The Kier molecular flexibility index (Phi) is 4.23. The number of hydrogen-bond acceptors (Lipinski definition) is 5. The molecule has 0 aliphatic heterocycles. The number of nitrogens with one attached hydrogen (secondary N) is 1. The van der Waals surface area contributed by atoms with Crippen molar-refractivity contribution in [1.29, 1.82) is 0 Å². The quantitative estimate of drug-likeness (QED) is 0.671. The average molecular weight is 306 g/mol. The Morgan fingerprint density at radius 1 is 1.43 bits per heavy atom. The first-order chi connectivity index (χ1) is 9.90. The first-order valence-electron chi connectivity index (χ1n) is 6.20. The Labute approximate surface area is 125 Å². The summed E-state index contributed by atoms with van der Waals surface area (Å²) in [7, 11) is 0. The van der Waals surface area contributed by atoms with Crippen LogP contribution < -0.4 is 5.32 Å². The summed E-state index contributed by atoms with van der Waals surface area (Å²) in [5.74, 6) is -1.15. The number of amides is 1. The van der Waals surface area contributed by atoms with Crippen molar-refractivity contribution >= 4 is 22.9 Å². The van der Waals surface area contributed by atoms with E-state index < -0.39 is 22.3 Å². The second-order valence-corrected chi connectivity index (χ2v) is 5.91. The van der Waals surface area contributed by atoms with E-state index >= 15 is 0 Å². The van der Waals surface area contributed by atoms with Gasteiger partial charge >= 0.3 is 5.69 Å². The maximum Gasteiger partial charge on any atom is 0.311 e. The van der Waals surface area contributed by atoms with Crippen molar-refractivity contribution in [3.05, 3.63) is 55.3 Å². The number of aryl methyl sites for hydroxylation is 2. The number of benzene rings is 1. The molecule has 2 rings (SSSR count). The van der Waals surface area contributed by atoms with Crippen LogP contribution in [0.4, 0.5) is 5.69 Å². The van der Waals surface area contributed by atoms with Crippen LogP contribution in [0.2, 0.25) is 0 Å². The summed E-state index contributed by atoms with van der Waals surface area (Å²) in [5, 5.41) is 23.2. The van der Waals surface area contributed by atoms with Gasteiger partial charge in [0, 0.05) is 15.8 Å². The van der Waals surface area contributed by atoms with Gasteiger partial charge in [0.1, 0.15) is 0 Å². The van der Waals surface area contributed by atoms with Crippen molar-refractivity contribution < 1.29 is 14.8 Å². The summed E-state index contributed by atoms with van der Waals surface area (Å²) in [6, 6.07) is 5.85. The fraction of sp³-hybridized carbons (Fsp3) is 0.214. The molecule has 0 aliphatic rings. The number of carbonyl (C=O) groups is 1. The molecule has 0 spiro atoms. The smallest absolute Gasteiger partial charge is 0.311 e. The number of carbonyl (C=O) groups excluding carboxylic acids is 1. The molecule has 0 unspecified atom stereocenters. The van der Waals surface area contributed by atoms with Crippen LogP contribution in [0.1, 0.15) is 25.7 Å². The lowest BCUT2D eigenvalue weighted by Gasteiger charge is -2.05. The van der Waals surface area contributed by atoms with Crippen LogP contribution in [0.25, 0.3) is 0 Å². The van der Waals surface area contributed by atoms with Crippen LogP contribution in [0.5, 0.6) is 5.75 Å². The first kappa shape index (κ1) is 15.0. The van der Waals surface area contributed by atoms with Crippen LogP contribution in [0.15, 0.2) is 24.3 Å². The molecule has 0 bridgehead atoms. The molecule has 0 aliphatic carbocycles. The highest BCUT2D eigenvalue weighted by atomic mass is 32.1. The monoisotopic (exact) mass is 306 g/mol. The third-order valence-corrected chi connectivity index (χ3v) is 4.25. The molecule has 0 fully saturated rings. The third kappa shape index (κ3) is 3.19.